The lowest BCUT2D eigenvalue weighted by Gasteiger charge is -2.09. The number of carbonyl (C=O) groups is 1. The first-order valence-electron chi connectivity index (χ1n) is 5.02. The van der Waals surface area contributed by atoms with Crippen LogP contribution in [0.5, 0.6) is 0 Å². The van der Waals surface area contributed by atoms with E-state index in [1.54, 1.807) is 6.92 Å². The molecule has 0 saturated carbocycles. The fourth-order valence-electron chi connectivity index (χ4n) is 1.61. The highest BCUT2D eigenvalue weighted by molar-refractivity contribution is 7.97. The second-order valence-electron chi connectivity index (χ2n) is 3.55. The molecule has 0 amide bonds. The van der Waals surface area contributed by atoms with Crippen molar-refractivity contribution in [2.45, 2.75) is 6.92 Å². The fourth-order valence-corrected chi connectivity index (χ4v) is 1.83. The predicted octanol–water partition coefficient (Wildman–Crippen LogP) is 2.10. The number of hydrogen-bond acceptors (Lipinski definition) is 4. The lowest BCUT2D eigenvalue weighted by Crippen LogP contribution is -2.07. The van der Waals surface area contributed by atoms with Crippen LogP contribution in [0.3, 0.4) is 0 Å². The van der Waals surface area contributed by atoms with Crippen LogP contribution in [-0.2, 0) is 0 Å². The van der Waals surface area contributed by atoms with Crippen LogP contribution in [0.2, 0.25) is 0 Å². The maximum absolute atomic E-state index is 11.5. The average Bonchev–Trinajstić information content (AvgIpc) is 2.28. The maximum atomic E-state index is 11.5. The third kappa shape index (κ3) is 2.29. The van der Waals surface area contributed by atoms with Crippen molar-refractivity contribution in [1.29, 1.82) is 0 Å². The molecule has 1 aromatic heterocycles. The number of benzene rings is 1. The molecule has 86 valence electrons. The van der Waals surface area contributed by atoms with Gasteiger partial charge in [-0.15, -0.1) is 12.6 Å². The molecule has 0 saturated heterocycles. The Balaban J connectivity index is 2.72. The van der Waals surface area contributed by atoms with E-state index in [0.29, 0.717) is 11.5 Å². The van der Waals surface area contributed by atoms with Gasteiger partial charge in [0.1, 0.15) is 11.6 Å². The average molecular weight is 245 g/mol. The maximum Gasteiger partial charge on any atom is 0.222 e. The molecule has 0 unspecified atom stereocenters. The number of rotatable bonds is 2. The molecule has 0 radical (unpaired) electrons. The normalized spacial score (nSPS) is 10.2. The SMILES string of the molecule is Cc1nc(N)c(C(=O)S)c(-c2ccccc2)n1. The van der Waals surface area contributed by atoms with Crippen LogP contribution in [0.15, 0.2) is 30.3 Å². The Morgan fingerprint density at radius 3 is 2.47 bits per heavy atom. The minimum Gasteiger partial charge on any atom is -0.383 e. The first-order valence-corrected chi connectivity index (χ1v) is 5.47. The summed E-state index contributed by atoms with van der Waals surface area (Å²) in [5.74, 6) is 0.691. The van der Waals surface area contributed by atoms with Crippen LogP contribution in [0.25, 0.3) is 11.3 Å². The summed E-state index contributed by atoms with van der Waals surface area (Å²) in [7, 11) is 0. The zero-order valence-electron chi connectivity index (χ0n) is 9.21. The third-order valence-corrected chi connectivity index (χ3v) is 2.53. The van der Waals surface area contributed by atoms with Crippen molar-refractivity contribution in [3.63, 3.8) is 0 Å². The Hall–Kier alpha value is -1.88. The smallest absolute Gasteiger partial charge is 0.222 e. The third-order valence-electron chi connectivity index (χ3n) is 2.31. The van der Waals surface area contributed by atoms with E-state index < -0.39 is 5.12 Å². The van der Waals surface area contributed by atoms with E-state index in [1.807, 2.05) is 30.3 Å². The van der Waals surface area contributed by atoms with Gasteiger partial charge >= 0.3 is 0 Å². The van der Waals surface area contributed by atoms with E-state index in [9.17, 15) is 4.79 Å². The second kappa shape index (κ2) is 4.55. The molecule has 0 spiro atoms. The summed E-state index contributed by atoms with van der Waals surface area (Å²) in [5, 5.41) is -0.429. The number of anilines is 1. The monoisotopic (exact) mass is 245 g/mol. The Morgan fingerprint density at radius 1 is 1.24 bits per heavy atom. The van der Waals surface area contributed by atoms with Gasteiger partial charge in [-0.1, -0.05) is 30.3 Å². The minimum absolute atomic E-state index is 0.163. The van der Waals surface area contributed by atoms with Gasteiger partial charge in [0.25, 0.3) is 0 Å². The van der Waals surface area contributed by atoms with E-state index in [1.165, 1.54) is 0 Å². The molecule has 0 aliphatic rings. The summed E-state index contributed by atoms with van der Waals surface area (Å²) < 4.78 is 0. The number of nitrogens with zero attached hydrogens (tertiary/aromatic N) is 2. The standard InChI is InChI=1S/C12H11N3OS/c1-7-14-10(8-5-3-2-4-6-8)9(12(16)17)11(13)15-7/h2-6H,1H3,(H,16,17)(H2,13,14,15). The molecule has 0 bridgehead atoms. The largest absolute Gasteiger partial charge is 0.383 e. The van der Waals surface area contributed by atoms with Gasteiger partial charge in [-0.05, 0) is 6.92 Å². The molecule has 0 fully saturated rings. The van der Waals surface area contributed by atoms with E-state index in [0.717, 1.165) is 5.56 Å². The number of thiol groups is 1. The number of aryl methyl sites for hydroxylation is 1. The Bertz CT molecular complexity index is 569. The number of carbonyl (C=O) groups excluding carboxylic acids is 1. The number of aromatic nitrogens is 2. The molecule has 2 rings (SSSR count). The Labute approximate surface area is 104 Å². The van der Waals surface area contributed by atoms with Crippen LogP contribution in [-0.4, -0.2) is 15.1 Å². The van der Waals surface area contributed by atoms with Crippen molar-refractivity contribution < 1.29 is 4.79 Å². The zero-order valence-corrected chi connectivity index (χ0v) is 10.1. The van der Waals surface area contributed by atoms with Gasteiger partial charge in [0.05, 0.1) is 11.3 Å². The van der Waals surface area contributed by atoms with Crippen molar-refractivity contribution >= 4 is 23.6 Å². The van der Waals surface area contributed by atoms with E-state index >= 15 is 0 Å². The highest BCUT2D eigenvalue weighted by Gasteiger charge is 2.16. The van der Waals surface area contributed by atoms with Gasteiger partial charge in [0.2, 0.25) is 5.12 Å². The molecule has 1 heterocycles. The zero-order chi connectivity index (χ0) is 12.4. The van der Waals surface area contributed by atoms with Crippen molar-refractivity contribution in [2.24, 2.45) is 0 Å². The highest BCUT2D eigenvalue weighted by Crippen LogP contribution is 2.26. The summed E-state index contributed by atoms with van der Waals surface area (Å²) in [6.07, 6.45) is 0. The minimum atomic E-state index is -0.429. The van der Waals surface area contributed by atoms with Gasteiger partial charge in [-0.2, -0.15) is 0 Å². The molecule has 0 atom stereocenters. The summed E-state index contributed by atoms with van der Waals surface area (Å²) in [6, 6.07) is 9.36. The van der Waals surface area contributed by atoms with Gasteiger partial charge in [0.15, 0.2) is 0 Å². The van der Waals surface area contributed by atoms with Crippen molar-refractivity contribution in [3.05, 3.63) is 41.7 Å². The quantitative estimate of drug-likeness (QED) is 0.795. The molecular weight excluding hydrogens is 234 g/mol. The van der Waals surface area contributed by atoms with E-state index in [2.05, 4.69) is 22.6 Å². The van der Waals surface area contributed by atoms with Crippen molar-refractivity contribution in [1.82, 2.24) is 9.97 Å². The highest BCUT2D eigenvalue weighted by atomic mass is 32.1. The molecular formula is C12H11N3OS. The molecule has 2 aromatic rings. The summed E-state index contributed by atoms with van der Waals surface area (Å²) >= 11 is 3.81. The van der Waals surface area contributed by atoms with E-state index in [-0.39, 0.29) is 11.4 Å². The molecule has 1 aromatic carbocycles. The van der Waals surface area contributed by atoms with Crippen molar-refractivity contribution in [3.8, 4) is 11.3 Å². The fraction of sp³-hybridized carbons (Fsp3) is 0.0833. The van der Waals surface area contributed by atoms with Crippen molar-refractivity contribution in [2.75, 3.05) is 5.73 Å². The molecule has 4 nitrogen and oxygen atoms in total. The lowest BCUT2D eigenvalue weighted by atomic mass is 10.1. The second-order valence-corrected chi connectivity index (χ2v) is 3.96. The molecule has 0 aliphatic carbocycles. The van der Waals surface area contributed by atoms with E-state index in [4.69, 9.17) is 5.73 Å². The number of hydrogen-bond donors (Lipinski definition) is 2. The lowest BCUT2D eigenvalue weighted by molar-refractivity contribution is 0.109. The molecule has 0 aliphatic heterocycles. The van der Waals surface area contributed by atoms with Gasteiger partial charge in [-0.25, -0.2) is 9.97 Å². The first-order chi connectivity index (χ1) is 8.09. The van der Waals surface area contributed by atoms with Gasteiger partial charge in [-0.3, -0.25) is 4.79 Å². The Kier molecular flexibility index (Phi) is 3.10. The summed E-state index contributed by atoms with van der Waals surface area (Å²) in [5.41, 5.74) is 7.34. The van der Waals surface area contributed by atoms with Crippen LogP contribution in [0, 0.1) is 6.92 Å². The molecule has 5 heteroatoms. The molecule has 17 heavy (non-hydrogen) atoms. The first kappa shape index (κ1) is 11.6. The topological polar surface area (TPSA) is 68.9 Å². The predicted molar refractivity (Wildman–Crippen MR) is 69.9 cm³/mol. The van der Waals surface area contributed by atoms with Gasteiger partial charge < -0.3 is 5.73 Å². The summed E-state index contributed by atoms with van der Waals surface area (Å²) in [4.78, 5) is 19.7. The van der Waals surface area contributed by atoms with Crippen LogP contribution in [0.4, 0.5) is 5.82 Å². The number of nitrogen functional groups attached to an aromatic ring is 1. The number of nitrogens with two attached hydrogens (primary N) is 1. The van der Waals surface area contributed by atoms with Gasteiger partial charge in [0, 0.05) is 5.56 Å². The molecule has 2 N–H and O–H groups in total. The van der Waals surface area contributed by atoms with Crippen LogP contribution in [0.1, 0.15) is 16.2 Å². The summed E-state index contributed by atoms with van der Waals surface area (Å²) in [6.45, 7) is 1.73. The van der Waals surface area contributed by atoms with Crippen LogP contribution >= 0.6 is 12.6 Å². The Morgan fingerprint density at radius 2 is 1.88 bits per heavy atom. The van der Waals surface area contributed by atoms with Crippen LogP contribution < -0.4 is 5.73 Å².